The molecule has 9 heteroatoms. The molecule has 3 nitrogen and oxygen atoms in total. The fourth-order valence-electron chi connectivity index (χ4n) is 1.74. The Morgan fingerprint density at radius 3 is 2.62 bits per heavy atom. The normalized spacial score (nSPS) is 12.0. The molecule has 0 unspecified atom stereocenters. The van der Waals surface area contributed by atoms with Crippen LogP contribution in [0.2, 0.25) is 5.02 Å². The molecular weight excluding hydrogens is 317 g/mol. The second-order valence-corrected chi connectivity index (χ2v) is 4.51. The molecule has 1 N–H and O–H groups in total. The minimum atomic E-state index is -4.61. The molecule has 0 atom stereocenters. The lowest BCUT2D eigenvalue weighted by molar-refractivity contribution is -0.137. The SMILES string of the molecule is FC(F)n1ccnc1CNc1ccc(Cl)cc1C(F)(F)F. The number of alkyl halides is 5. The van der Waals surface area contributed by atoms with Gasteiger partial charge in [-0.25, -0.2) is 4.98 Å². The average Bonchev–Trinajstić information content (AvgIpc) is 2.84. The van der Waals surface area contributed by atoms with Crippen molar-refractivity contribution in [2.45, 2.75) is 19.3 Å². The van der Waals surface area contributed by atoms with E-state index in [1.165, 1.54) is 6.07 Å². The molecule has 0 aliphatic rings. The Kier molecular flexibility index (Phi) is 4.36. The Morgan fingerprint density at radius 2 is 2.00 bits per heavy atom. The van der Waals surface area contributed by atoms with Gasteiger partial charge in [-0.2, -0.15) is 22.0 Å². The highest BCUT2D eigenvalue weighted by Gasteiger charge is 2.33. The van der Waals surface area contributed by atoms with E-state index in [-0.39, 0.29) is 23.1 Å². The molecule has 21 heavy (non-hydrogen) atoms. The van der Waals surface area contributed by atoms with Crippen LogP contribution in [0.1, 0.15) is 17.9 Å². The number of nitrogens with zero attached hydrogens (tertiary/aromatic N) is 2. The van der Waals surface area contributed by atoms with Gasteiger partial charge in [-0.05, 0) is 18.2 Å². The lowest BCUT2D eigenvalue weighted by Gasteiger charge is -2.15. The maximum Gasteiger partial charge on any atom is 0.418 e. The van der Waals surface area contributed by atoms with Gasteiger partial charge in [-0.3, -0.25) is 4.57 Å². The summed E-state index contributed by atoms with van der Waals surface area (Å²) in [4.78, 5) is 3.68. The molecule has 0 spiro atoms. The number of hydrogen-bond acceptors (Lipinski definition) is 2. The lowest BCUT2D eigenvalue weighted by Crippen LogP contribution is -2.13. The van der Waals surface area contributed by atoms with E-state index < -0.39 is 18.3 Å². The van der Waals surface area contributed by atoms with Gasteiger partial charge >= 0.3 is 12.7 Å². The first-order valence-corrected chi connectivity index (χ1v) is 6.07. The van der Waals surface area contributed by atoms with Crippen LogP contribution in [0.25, 0.3) is 0 Å². The maximum atomic E-state index is 12.9. The van der Waals surface area contributed by atoms with E-state index in [4.69, 9.17) is 11.6 Å². The van der Waals surface area contributed by atoms with Crippen molar-refractivity contribution < 1.29 is 22.0 Å². The van der Waals surface area contributed by atoms with Crippen LogP contribution in [-0.4, -0.2) is 9.55 Å². The molecule has 2 rings (SSSR count). The van der Waals surface area contributed by atoms with E-state index in [2.05, 4.69) is 10.3 Å². The molecule has 0 aliphatic carbocycles. The number of aromatic nitrogens is 2. The zero-order chi connectivity index (χ0) is 15.6. The van der Waals surface area contributed by atoms with E-state index in [9.17, 15) is 22.0 Å². The second-order valence-electron chi connectivity index (χ2n) is 4.07. The molecule has 0 saturated heterocycles. The number of nitrogens with one attached hydrogen (secondary N) is 1. The van der Waals surface area contributed by atoms with Gasteiger partial charge in [0.15, 0.2) is 0 Å². The lowest BCUT2D eigenvalue weighted by atomic mass is 10.1. The van der Waals surface area contributed by atoms with E-state index in [0.717, 1.165) is 24.5 Å². The molecule has 0 amide bonds. The first-order chi connectivity index (χ1) is 9.79. The summed E-state index contributed by atoms with van der Waals surface area (Å²) in [5.41, 5.74) is -1.22. The van der Waals surface area contributed by atoms with Gasteiger partial charge < -0.3 is 5.32 Å². The monoisotopic (exact) mass is 325 g/mol. The standard InChI is InChI=1S/C12H9ClF5N3/c13-7-1-2-9(8(5-7)12(16,17)18)20-6-10-19-3-4-21(10)11(14)15/h1-5,11,20H,6H2. The minimum absolute atomic E-state index is 0.0676. The van der Waals surface area contributed by atoms with Crippen molar-refractivity contribution in [1.82, 2.24) is 9.55 Å². The Labute approximate surface area is 121 Å². The third-order valence-electron chi connectivity index (χ3n) is 2.68. The number of anilines is 1. The van der Waals surface area contributed by atoms with E-state index in [1.807, 2.05) is 0 Å². The molecule has 0 radical (unpaired) electrons. The van der Waals surface area contributed by atoms with Crippen LogP contribution in [0.15, 0.2) is 30.6 Å². The summed E-state index contributed by atoms with van der Waals surface area (Å²) in [6, 6.07) is 3.18. The second kappa shape index (κ2) is 5.88. The van der Waals surface area contributed by atoms with Gasteiger partial charge in [0, 0.05) is 23.1 Å². The molecule has 2 aromatic rings. The third-order valence-corrected chi connectivity index (χ3v) is 2.92. The predicted octanol–water partition coefficient (Wildman–Crippen LogP) is 4.56. The summed E-state index contributed by atoms with van der Waals surface area (Å²) in [7, 11) is 0. The molecular formula is C12H9ClF5N3. The van der Waals surface area contributed by atoms with Gasteiger partial charge in [0.1, 0.15) is 5.82 Å². The molecule has 0 saturated carbocycles. The summed E-state index contributed by atoms with van der Waals surface area (Å²) in [6.07, 6.45) is -2.41. The van der Waals surface area contributed by atoms with Gasteiger partial charge in [-0.15, -0.1) is 0 Å². The Hall–Kier alpha value is -1.83. The van der Waals surface area contributed by atoms with Gasteiger partial charge in [-0.1, -0.05) is 11.6 Å². The van der Waals surface area contributed by atoms with Crippen LogP contribution in [0.3, 0.4) is 0 Å². The maximum absolute atomic E-state index is 12.9. The van der Waals surface area contributed by atoms with Crippen LogP contribution >= 0.6 is 11.6 Å². The molecule has 1 heterocycles. The molecule has 0 fully saturated rings. The predicted molar refractivity (Wildman–Crippen MR) is 67.3 cm³/mol. The molecule has 114 valence electrons. The first-order valence-electron chi connectivity index (χ1n) is 5.69. The molecule has 0 aliphatic heterocycles. The zero-order valence-corrected chi connectivity index (χ0v) is 11.1. The van der Waals surface area contributed by atoms with Crippen molar-refractivity contribution in [3.05, 3.63) is 47.0 Å². The number of imidazole rings is 1. The highest BCUT2D eigenvalue weighted by atomic mass is 35.5. The summed E-state index contributed by atoms with van der Waals surface area (Å²) in [5, 5.41) is 2.38. The van der Waals surface area contributed by atoms with Crippen LogP contribution in [0.5, 0.6) is 0 Å². The van der Waals surface area contributed by atoms with Crippen LogP contribution < -0.4 is 5.32 Å². The van der Waals surface area contributed by atoms with Gasteiger partial charge in [0.25, 0.3) is 0 Å². The van der Waals surface area contributed by atoms with Crippen LogP contribution in [-0.2, 0) is 12.7 Å². The third kappa shape index (κ3) is 3.63. The van der Waals surface area contributed by atoms with E-state index in [1.54, 1.807) is 0 Å². The smallest absolute Gasteiger partial charge is 0.377 e. The minimum Gasteiger partial charge on any atom is -0.377 e. The fraction of sp³-hybridized carbons (Fsp3) is 0.250. The van der Waals surface area contributed by atoms with E-state index in [0.29, 0.717) is 4.57 Å². The van der Waals surface area contributed by atoms with Crippen molar-refractivity contribution in [3.63, 3.8) is 0 Å². The number of benzene rings is 1. The van der Waals surface area contributed by atoms with Gasteiger partial charge in [0.2, 0.25) is 0 Å². The van der Waals surface area contributed by atoms with Crippen molar-refractivity contribution >= 4 is 17.3 Å². The molecule has 1 aromatic heterocycles. The van der Waals surface area contributed by atoms with Gasteiger partial charge in [0.05, 0.1) is 12.1 Å². The topological polar surface area (TPSA) is 29.9 Å². The summed E-state index contributed by atoms with van der Waals surface area (Å²) < 4.78 is 64.4. The van der Waals surface area contributed by atoms with Crippen molar-refractivity contribution in [1.29, 1.82) is 0 Å². The average molecular weight is 326 g/mol. The fourth-order valence-corrected chi connectivity index (χ4v) is 1.91. The largest absolute Gasteiger partial charge is 0.418 e. The Balaban J connectivity index is 2.22. The molecule has 0 bridgehead atoms. The number of hydrogen-bond donors (Lipinski definition) is 1. The quantitative estimate of drug-likeness (QED) is 0.835. The van der Waals surface area contributed by atoms with Crippen molar-refractivity contribution in [2.24, 2.45) is 0 Å². The first kappa shape index (κ1) is 15.6. The number of rotatable bonds is 4. The highest BCUT2D eigenvalue weighted by Crippen LogP contribution is 2.36. The van der Waals surface area contributed by atoms with E-state index >= 15 is 0 Å². The summed E-state index contributed by atoms with van der Waals surface area (Å²) >= 11 is 5.55. The Morgan fingerprint density at radius 1 is 1.29 bits per heavy atom. The summed E-state index contributed by atoms with van der Waals surface area (Å²) in [5.74, 6) is -0.0759. The Bertz CT molecular complexity index is 624. The van der Waals surface area contributed by atoms with Crippen LogP contribution in [0, 0.1) is 0 Å². The van der Waals surface area contributed by atoms with Crippen LogP contribution in [0.4, 0.5) is 27.6 Å². The van der Waals surface area contributed by atoms with Crippen molar-refractivity contribution in [3.8, 4) is 0 Å². The number of halogens is 6. The summed E-state index contributed by atoms with van der Waals surface area (Å²) in [6.45, 7) is -3.08. The van der Waals surface area contributed by atoms with Crippen molar-refractivity contribution in [2.75, 3.05) is 5.32 Å². The highest BCUT2D eigenvalue weighted by molar-refractivity contribution is 6.30. The zero-order valence-electron chi connectivity index (χ0n) is 10.3. The molecule has 1 aromatic carbocycles.